The number of hydrogen-bond acceptors (Lipinski definition) is 8. The molecule has 3 N–H and O–H groups in total. The van der Waals surface area contributed by atoms with Crippen molar-refractivity contribution in [3.05, 3.63) is 41.0 Å². The van der Waals surface area contributed by atoms with Crippen molar-refractivity contribution in [2.75, 3.05) is 23.8 Å². The summed E-state index contributed by atoms with van der Waals surface area (Å²) in [6.45, 7) is 5.80. The van der Waals surface area contributed by atoms with Crippen LogP contribution in [-0.4, -0.2) is 68.1 Å². The molecule has 2 heterocycles. The monoisotopic (exact) mass is 494 g/mol. The SMILES string of the molecule is C=C1C[C@H]2C(O)N(C(=O)OCC3(SSCC)CCC3)c3cc(CO)c(CO)cc3C(=O)N2C1. The molecule has 2 atom stereocenters. The van der Waals surface area contributed by atoms with E-state index < -0.39 is 18.4 Å². The van der Waals surface area contributed by atoms with E-state index >= 15 is 0 Å². The number of fused-ring (bicyclic) bond motifs is 2. The minimum absolute atomic E-state index is 0.128. The molecule has 1 aliphatic carbocycles. The summed E-state index contributed by atoms with van der Waals surface area (Å²) in [7, 11) is 3.48. The number of carbonyl (C=O) groups is 2. The maximum atomic E-state index is 13.4. The number of carbonyl (C=O) groups excluding carboxylic acids is 2. The van der Waals surface area contributed by atoms with E-state index in [1.54, 1.807) is 21.6 Å². The molecule has 1 saturated heterocycles. The maximum Gasteiger partial charge on any atom is 0.416 e. The molecule has 1 saturated carbocycles. The number of aliphatic hydroxyl groups is 3. The van der Waals surface area contributed by atoms with E-state index in [0.717, 1.165) is 35.5 Å². The van der Waals surface area contributed by atoms with Crippen LogP contribution < -0.4 is 4.90 Å². The van der Waals surface area contributed by atoms with Gasteiger partial charge in [0.2, 0.25) is 0 Å². The van der Waals surface area contributed by atoms with Gasteiger partial charge in [0.15, 0.2) is 6.23 Å². The lowest BCUT2D eigenvalue weighted by Gasteiger charge is -2.40. The molecule has 3 aliphatic rings. The van der Waals surface area contributed by atoms with Crippen molar-refractivity contribution in [3.8, 4) is 0 Å². The molecule has 180 valence electrons. The van der Waals surface area contributed by atoms with Gasteiger partial charge < -0.3 is 25.0 Å². The third-order valence-corrected chi connectivity index (χ3v) is 9.94. The Labute approximate surface area is 201 Å². The second-order valence-corrected chi connectivity index (χ2v) is 11.8. The van der Waals surface area contributed by atoms with Gasteiger partial charge in [-0.15, -0.1) is 0 Å². The first-order chi connectivity index (χ1) is 15.8. The molecule has 2 fully saturated rings. The molecular weight excluding hydrogens is 464 g/mol. The largest absolute Gasteiger partial charge is 0.448 e. The minimum Gasteiger partial charge on any atom is -0.448 e. The Morgan fingerprint density at radius 1 is 1.27 bits per heavy atom. The van der Waals surface area contributed by atoms with Crippen LogP contribution in [0.2, 0.25) is 0 Å². The van der Waals surface area contributed by atoms with Gasteiger partial charge in [-0.1, -0.05) is 47.1 Å². The predicted octanol–water partition coefficient (Wildman–Crippen LogP) is 3.04. The third kappa shape index (κ3) is 4.51. The minimum atomic E-state index is -1.33. The highest BCUT2D eigenvalue weighted by Gasteiger charge is 2.47. The number of benzene rings is 1. The Balaban J connectivity index is 1.69. The van der Waals surface area contributed by atoms with Crippen LogP contribution >= 0.6 is 21.6 Å². The summed E-state index contributed by atoms with van der Waals surface area (Å²) in [4.78, 5) is 29.4. The number of amides is 2. The van der Waals surface area contributed by atoms with Crippen molar-refractivity contribution < 1.29 is 29.6 Å². The summed E-state index contributed by atoms with van der Waals surface area (Å²) in [6, 6.07) is 2.32. The van der Waals surface area contributed by atoms with Crippen LogP contribution in [0.4, 0.5) is 10.5 Å². The molecule has 4 rings (SSSR count). The number of ether oxygens (including phenoxy) is 1. The number of anilines is 1. The van der Waals surface area contributed by atoms with Crippen LogP contribution in [0.5, 0.6) is 0 Å². The van der Waals surface area contributed by atoms with Crippen molar-refractivity contribution >= 4 is 39.3 Å². The van der Waals surface area contributed by atoms with Crippen molar-refractivity contribution in [2.45, 2.75) is 62.8 Å². The quantitative estimate of drug-likeness (QED) is 0.392. The first-order valence-corrected chi connectivity index (χ1v) is 13.5. The zero-order chi connectivity index (χ0) is 23.8. The normalized spacial score (nSPS) is 23.6. The average molecular weight is 495 g/mol. The van der Waals surface area contributed by atoms with E-state index in [9.17, 15) is 24.9 Å². The molecule has 0 aromatic heterocycles. The topological polar surface area (TPSA) is 111 Å². The van der Waals surface area contributed by atoms with E-state index in [-0.39, 0.29) is 48.3 Å². The Hall–Kier alpha value is -1.72. The van der Waals surface area contributed by atoms with Crippen molar-refractivity contribution in [2.24, 2.45) is 0 Å². The lowest BCUT2D eigenvalue weighted by molar-refractivity contribution is 0.0475. The van der Waals surface area contributed by atoms with Gasteiger partial charge in [-0.3, -0.25) is 4.79 Å². The first kappa shape index (κ1) is 24.4. The van der Waals surface area contributed by atoms with Gasteiger partial charge in [-0.25, -0.2) is 9.69 Å². The molecule has 1 aromatic rings. The highest BCUT2D eigenvalue weighted by molar-refractivity contribution is 8.77. The predicted molar refractivity (Wildman–Crippen MR) is 129 cm³/mol. The van der Waals surface area contributed by atoms with Gasteiger partial charge in [-0.2, -0.15) is 0 Å². The van der Waals surface area contributed by atoms with Gasteiger partial charge in [0.1, 0.15) is 6.61 Å². The Morgan fingerprint density at radius 3 is 2.58 bits per heavy atom. The van der Waals surface area contributed by atoms with Gasteiger partial charge in [0.05, 0.1) is 35.3 Å². The summed E-state index contributed by atoms with van der Waals surface area (Å²) in [5.41, 5.74) is 1.92. The fourth-order valence-corrected chi connectivity index (χ4v) is 7.28. The molecule has 1 aromatic carbocycles. The van der Waals surface area contributed by atoms with Gasteiger partial charge >= 0.3 is 6.09 Å². The fraction of sp³-hybridized carbons (Fsp3) is 0.565. The molecule has 10 heteroatoms. The second kappa shape index (κ2) is 9.87. The highest BCUT2D eigenvalue weighted by Crippen LogP contribution is 2.50. The number of aliphatic hydroxyl groups excluding tert-OH is 3. The molecule has 0 spiro atoms. The molecule has 0 bridgehead atoms. The molecule has 8 nitrogen and oxygen atoms in total. The van der Waals surface area contributed by atoms with E-state index in [0.29, 0.717) is 17.5 Å². The van der Waals surface area contributed by atoms with Gasteiger partial charge in [0.25, 0.3) is 5.91 Å². The van der Waals surface area contributed by atoms with Crippen molar-refractivity contribution in [1.82, 2.24) is 4.90 Å². The molecule has 0 radical (unpaired) electrons. The van der Waals surface area contributed by atoms with Crippen LogP contribution in [0.3, 0.4) is 0 Å². The summed E-state index contributed by atoms with van der Waals surface area (Å²) in [5.74, 6) is 0.603. The Kier molecular flexibility index (Phi) is 7.30. The summed E-state index contributed by atoms with van der Waals surface area (Å²) in [6.07, 6.45) is 1.31. The molecular formula is C23H30N2O6S2. The molecule has 1 unspecified atom stereocenters. The van der Waals surface area contributed by atoms with Crippen LogP contribution in [0, 0.1) is 0 Å². The zero-order valence-corrected chi connectivity index (χ0v) is 20.3. The van der Waals surface area contributed by atoms with E-state index in [1.165, 1.54) is 17.0 Å². The standard InChI is InChI=1S/C23H30N2O6S2/c1-3-32-33-23(5-4-6-23)13-31-22(30)25-18-9-16(12-27)15(11-26)8-17(18)20(28)24-10-14(2)7-19(24)21(25)29/h8-9,19,21,26-27,29H,2-7,10-13H2,1H3/t19-,21?/m0/s1. The molecule has 2 aliphatic heterocycles. The third-order valence-electron chi connectivity index (χ3n) is 6.58. The van der Waals surface area contributed by atoms with Gasteiger partial charge in [-0.05, 0) is 42.5 Å². The summed E-state index contributed by atoms with van der Waals surface area (Å²) < 4.78 is 5.61. The molecule has 2 amide bonds. The smallest absolute Gasteiger partial charge is 0.416 e. The van der Waals surface area contributed by atoms with Gasteiger partial charge in [0, 0.05) is 12.3 Å². The second-order valence-electron chi connectivity index (χ2n) is 8.77. The average Bonchev–Trinajstić information content (AvgIpc) is 3.15. The van der Waals surface area contributed by atoms with Crippen LogP contribution in [0.25, 0.3) is 0 Å². The summed E-state index contributed by atoms with van der Waals surface area (Å²) in [5, 5.41) is 30.8. The lowest BCUT2D eigenvalue weighted by atomic mass is 9.85. The maximum absolute atomic E-state index is 13.4. The number of hydrogen-bond donors (Lipinski definition) is 3. The van der Waals surface area contributed by atoms with E-state index in [1.807, 2.05) is 0 Å². The zero-order valence-electron chi connectivity index (χ0n) is 18.7. The first-order valence-electron chi connectivity index (χ1n) is 11.1. The van der Waals surface area contributed by atoms with E-state index in [2.05, 4.69) is 13.5 Å². The summed E-state index contributed by atoms with van der Waals surface area (Å²) >= 11 is 0. The number of rotatable bonds is 7. The number of nitrogens with zero attached hydrogens (tertiary/aromatic N) is 2. The Bertz CT molecular complexity index is 951. The highest BCUT2D eigenvalue weighted by atomic mass is 33.1. The van der Waals surface area contributed by atoms with Crippen molar-refractivity contribution in [3.63, 3.8) is 0 Å². The fourth-order valence-electron chi connectivity index (χ4n) is 4.60. The van der Waals surface area contributed by atoms with E-state index in [4.69, 9.17) is 4.74 Å². The van der Waals surface area contributed by atoms with Crippen LogP contribution in [0.1, 0.15) is 54.1 Å². The molecule has 33 heavy (non-hydrogen) atoms. The van der Waals surface area contributed by atoms with Crippen LogP contribution in [0.15, 0.2) is 24.3 Å². The lowest BCUT2D eigenvalue weighted by Crippen LogP contribution is -2.51. The van der Waals surface area contributed by atoms with Crippen LogP contribution in [-0.2, 0) is 18.0 Å². The van der Waals surface area contributed by atoms with Crippen molar-refractivity contribution in [1.29, 1.82) is 0 Å². The Morgan fingerprint density at radius 2 is 1.97 bits per heavy atom.